The molecule has 1 aliphatic rings. The maximum atomic E-state index is 13.7. The molecule has 1 aliphatic heterocycles. The van der Waals surface area contributed by atoms with Crippen LogP contribution in [0.3, 0.4) is 0 Å². The van der Waals surface area contributed by atoms with E-state index in [-0.39, 0.29) is 24.4 Å². The zero-order valence-electron chi connectivity index (χ0n) is 22.4. The van der Waals surface area contributed by atoms with E-state index >= 15 is 0 Å². The molecular weight excluding hydrogens is 507 g/mol. The molecule has 0 bridgehead atoms. The Labute approximate surface area is 231 Å². The molecule has 7 nitrogen and oxygen atoms in total. The van der Waals surface area contributed by atoms with E-state index in [2.05, 4.69) is 22.5 Å². The lowest BCUT2D eigenvalue weighted by Gasteiger charge is -2.19. The third-order valence-electron chi connectivity index (χ3n) is 7.35. The molecule has 1 fully saturated rings. The van der Waals surface area contributed by atoms with Gasteiger partial charge >= 0.3 is 0 Å². The summed E-state index contributed by atoms with van der Waals surface area (Å²) in [6.45, 7) is 3.01. The Hall–Kier alpha value is -4.72. The lowest BCUT2D eigenvalue weighted by molar-refractivity contribution is -0.117. The number of aromatic nitrogens is 3. The smallest absolute Gasteiger partial charge is 0.227 e. The van der Waals surface area contributed by atoms with Crippen LogP contribution in [0.4, 0.5) is 10.1 Å². The monoisotopic (exact) mass is 536 g/mol. The number of carbonyl (C=O) groups is 1. The minimum absolute atomic E-state index is 0.134. The van der Waals surface area contributed by atoms with Crippen molar-refractivity contribution in [3.05, 3.63) is 102 Å². The Morgan fingerprint density at radius 1 is 1.00 bits per heavy atom. The fraction of sp³-hybridized carbons (Fsp3) is 0.219. The fourth-order valence-corrected chi connectivity index (χ4v) is 5.23. The Bertz CT molecular complexity index is 1660. The average molecular weight is 537 g/mol. The van der Waals surface area contributed by atoms with Crippen molar-refractivity contribution in [3.63, 3.8) is 0 Å². The highest BCUT2D eigenvalue weighted by Crippen LogP contribution is 2.32. The van der Waals surface area contributed by atoms with Crippen molar-refractivity contribution in [1.29, 1.82) is 0 Å². The van der Waals surface area contributed by atoms with Crippen LogP contribution in [0.15, 0.2) is 85.1 Å². The number of fused-ring (bicyclic) bond motifs is 1. The molecule has 8 heteroatoms. The lowest BCUT2D eigenvalue weighted by atomic mass is 10.1. The molecule has 1 amide bonds. The first-order valence-corrected chi connectivity index (χ1v) is 13.3. The van der Waals surface area contributed by atoms with Crippen LogP contribution in [0.5, 0.6) is 11.6 Å². The molecular formula is C32H29FN4O3. The van der Waals surface area contributed by atoms with Gasteiger partial charge in [0.25, 0.3) is 0 Å². The number of carbonyl (C=O) groups excluding carboxylic acids is 1. The summed E-state index contributed by atoms with van der Waals surface area (Å²) in [5.74, 6) is 1.81. The minimum atomic E-state index is -0.277. The number of ether oxygens (including phenoxy) is 2. The predicted octanol–water partition coefficient (Wildman–Crippen LogP) is 6.56. The molecule has 0 unspecified atom stereocenters. The van der Waals surface area contributed by atoms with Crippen molar-refractivity contribution >= 4 is 22.6 Å². The summed E-state index contributed by atoms with van der Waals surface area (Å²) in [5.41, 5.74) is 5.50. The van der Waals surface area contributed by atoms with Gasteiger partial charge in [-0.15, -0.1) is 0 Å². The summed E-state index contributed by atoms with van der Waals surface area (Å²) >= 11 is 0. The van der Waals surface area contributed by atoms with Crippen molar-refractivity contribution in [2.75, 3.05) is 18.6 Å². The Balaban J connectivity index is 1.37. The largest absolute Gasteiger partial charge is 0.486 e. The fourth-order valence-electron chi connectivity index (χ4n) is 5.23. The molecule has 202 valence electrons. The predicted molar refractivity (Wildman–Crippen MR) is 152 cm³/mol. The molecule has 1 saturated heterocycles. The highest BCUT2D eigenvalue weighted by Gasteiger charge is 2.22. The molecule has 5 aromatic rings. The number of anilines is 1. The van der Waals surface area contributed by atoms with Gasteiger partial charge < -0.3 is 18.9 Å². The maximum absolute atomic E-state index is 13.7. The Kier molecular flexibility index (Phi) is 6.90. The Morgan fingerprint density at radius 3 is 2.55 bits per heavy atom. The van der Waals surface area contributed by atoms with Gasteiger partial charge in [-0.2, -0.15) is 0 Å². The third kappa shape index (κ3) is 5.00. The molecule has 0 N–H and O–H groups in total. The van der Waals surface area contributed by atoms with E-state index < -0.39 is 0 Å². The number of nitrogens with zero attached hydrogens (tertiary/aromatic N) is 4. The highest BCUT2D eigenvalue weighted by molar-refractivity contribution is 5.95. The van der Waals surface area contributed by atoms with Crippen molar-refractivity contribution < 1.29 is 18.7 Å². The van der Waals surface area contributed by atoms with E-state index in [1.165, 1.54) is 12.1 Å². The number of pyridine rings is 1. The molecule has 0 saturated carbocycles. The van der Waals surface area contributed by atoms with Crippen LogP contribution in [0, 0.1) is 5.82 Å². The molecule has 0 radical (unpaired) electrons. The van der Waals surface area contributed by atoms with Crippen LogP contribution < -0.4 is 14.4 Å². The number of imidazole rings is 1. The topological polar surface area (TPSA) is 69.5 Å². The van der Waals surface area contributed by atoms with Gasteiger partial charge in [0, 0.05) is 42.5 Å². The molecule has 0 aliphatic carbocycles. The van der Waals surface area contributed by atoms with Gasteiger partial charge in [-0.3, -0.25) is 4.79 Å². The van der Waals surface area contributed by atoms with Gasteiger partial charge in [0.15, 0.2) is 0 Å². The second kappa shape index (κ2) is 10.8. The van der Waals surface area contributed by atoms with Gasteiger partial charge in [0.05, 0.1) is 24.2 Å². The molecule has 3 aromatic carbocycles. The van der Waals surface area contributed by atoms with Crippen LogP contribution in [0.2, 0.25) is 0 Å². The van der Waals surface area contributed by atoms with E-state index in [0.29, 0.717) is 18.1 Å². The highest BCUT2D eigenvalue weighted by atomic mass is 19.1. The SMILES string of the molecule is COc1ccc(-c2ccc3nc(COc4cccc(N5CCCC5=O)c4)n([C@@H](C)c4ccc(F)cc4)c3c2)cn1. The van der Waals surface area contributed by atoms with Crippen LogP contribution in [-0.2, 0) is 11.4 Å². The Morgan fingerprint density at radius 2 is 1.82 bits per heavy atom. The van der Waals surface area contributed by atoms with E-state index in [1.807, 2.05) is 48.5 Å². The number of hydrogen-bond donors (Lipinski definition) is 0. The normalized spacial score (nSPS) is 14.1. The summed E-state index contributed by atoms with van der Waals surface area (Å²) in [6, 6.07) is 23.9. The van der Waals surface area contributed by atoms with E-state index in [9.17, 15) is 9.18 Å². The van der Waals surface area contributed by atoms with Crippen molar-refractivity contribution in [2.24, 2.45) is 0 Å². The lowest BCUT2D eigenvalue weighted by Crippen LogP contribution is -2.23. The van der Waals surface area contributed by atoms with Crippen LogP contribution in [0.25, 0.3) is 22.2 Å². The van der Waals surface area contributed by atoms with Crippen LogP contribution in [-0.4, -0.2) is 34.1 Å². The molecule has 3 heterocycles. The van der Waals surface area contributed by atoms with Gasteiger partial charge in [0.1, 0.15) is 24.0 Å². The quantitative estimate of drug-likeness (QED) is 0.225. The van der Waals surface area contributed by atoms with Crippen molar-refractivity contribution in [3.8, 4) is 22.8 Å². The van der Waals surface area contributed by atoms with Crippen LogP contribution >= 0.6 is 0 Å². The van der Waals surface area contributed by atoms with Crippen LogP contribution in [0.1, 0.15) is 37.2 Å². The zero-order valence-corrected chi connectivity index (χ0v) is 22.4. The zero-order chi connectivity index (χ0) is 27.6. The first-order chi connectivity index (χ1) is 19.5. The summed E-state index contributed by atoms with van der Waals surface area (Å²) in [7, 11) is 1.59. The van der Waals surface area contributed by atoms with Gasteiger partial charge in [-0.05, 0) is 66.9 Å². The molecule has 1 atom stereocenters. The second-order valence-corrected chi connectivity index (χ2v) is 9.85. The summed E-state index contributed by atoms with van der Waals surface area (Å²) in [5, 5.41) is 0. The van der Waals surface area contributed by atoms with Gasteiger partial charge in [-0.1, -0.05) is 24.3 Å². The first kappa shape index (κ1) is 25.6. The summed E-state index contributed by atoms with van der Waals surface area (Å²) in [6.07, 6.45) is 3.22. The van der Waals surface area contributed by atoms with Crippen molar-refractivity contribution in [2.45, 2.75) is 32.4 Å². The third-order valence-corrected chi connectivity index (χ3v) is 7.35. The number of rotatable bonds is 8. The second-order valence-electron chi connectivity index (χ2n) is 9.85. The van der Waals surface area contributed by atoms with Gasteiger partial charge in [0.2, 0.25) is 11.8 Å². The number of hydrogen-bond acceptors (Lipinski definition) is 5. The minimum Gasteiger partial charge on any atom is -0.486 e. The van der Waals surface area contributed by atoms with Gasteiger partial charge in [-0.25, -0.2) is 14.4 Å². The van der Waals surface area contributed by atoms with E-state index in [4.69, 9.17) is 14.5 Å². The van der Waals surface area contributed by atoms with E-state index in [0.717, 1.165) is 52.2 Å². The van der Waals surface area contributed by atoms with Crippen molar-refractivity contribution in [1.82, 2.24) is 14.5 Å². The maximum Gasteiger partial charge on any atom is 0.227 e. The average Bonchev–Trinajstić information content (AvgIpc) is 3.59. The van der Waals surface area contributed by atoms with E-state index in [1.54, 1.807) is 30.3 Å². The number of methoxy groups -OCH3 is 1. The standard InChI is InChI=1S/C32H29FN4O3/c1-21(22-8-12-25(33)13-9-22)37-29-17-23(24-11-15-31(39-2)34-19-24)10-14-28(29)35-30(37)20-40-27-6-3-5-26(18-27)36-16-4-7-32(36)38/h3,5-6,8-15,17-19,21H,4,7,16,20H2,1-2H3/t21-/m0/s1. The molecule has 40 heavy (non-hydrogen) atoms. The number of amides is 1. The molecule has 0 spiro atoms. The summed E-state index contributed by atoms with van der Waals surface area (Å²) < 4.78 is 27.3. The summed E-state index contributed by atoms with van der Waals surface area (Å²) in [4.78, 5) is 23.3. The first-order valence-electron chi connectivity index (χ1n) is 13.3. The number of benzene rings is 3. The molecule has 6 rings (SSSR count). The number of halogens is 1. The molecule has 2 aromatic heterocycles.